The lowest BCUT2D eigenvalue weighted by atomic mass is 9.68. The summed E-state index contributed by atoms with van der Waals surface area (Å²) < 4.78 is 0. The van der Waals surface area contributed by atoms with Crippen molar-refractivity contribution in [2.45, 2.75) is 45.7 Å². The van der Waals surface area contributed by atoms with Crippen molar-refractivity contribution >= 4 is 17.5 Å². The SMILES string of the molecule is CCc1ccc(-c2nnn(CC3(C(=O)NCc4ccccc4Cl)CCC3)n2)cc1. The number of halogens is 1. The number of amides is 1. The molecule has 7 heteroatoms. The third-order valence-corrected chi connectivity index (χ3v) is 6.08. The molecule has 1 N–H and O–H groups in total. The first kappa shape index (κ1) is 19.6. The van der Waals surface area contributed by atoms with Crippen molar-refractivity contribution in [2.24, 2.45) is 5.41 Å². The predicted octanol–water partition coefficient (Wildman–Crippen LogP) is 4.04. The van der Waals surface area contributed by atoms with E-state index in [1.165, 1.54) is 5.56 Å². The average molecular weight is 410 g/mol. The smallest absolute Gasteiger partial charge is 0.228 e. The molecule has 0 atom stereocenters. The number of carbonyl (C=O) groups excluding carboxylic acids is 1. The first-order valence-corrected chi connectivity index (χ1v) is 10.4. The van der Waals surface area contributed by atoms with Crippen LogP contribution in [-0.4, -0.2) is 26.1 Å². The van der Waals surface area contributed by atoms with E-state index >= 15 is 0 Å². The fourth-order valence-electron chi connectivity index (χ4n) is 3.65. The number of benzene rings is 2. The molecular formula is C22H24ClN5O. The number of hydrogen-bond acceptors (Lipinski definition) is 4. The van der Waals surface area contributed by atoms with E-state index in [0.717, 1.165) is 36.8 Å². The highest BCUT2D eigenvalue weighted by molar-refractivity contribution is 6.31. The normalized spacial score (nSPS) is 15.0. The Labute approximate surface area is 175 Å². The first-order valence-electron chi connectivity index (χ1n) is 9.98. The molecule has 0 aliphatic heterocycles. The van der Waals surface area contributed by atoms with Crippen LogP contribution in [0.3, 0.4) is 0 Å². The average Bonchev–Trinajstić information content (AvgIpc) is 3.18. The highest BCUT2D eigenvalue weighted by Gasteiger charge is 2.45. The third kappa shape index (κ3) is 4.17. The minimum absolute atomic E-state index is 0.0230. The van der Waals surface area contributed by atoms with Crippen LogP contribution in [0.4, 0.5) is 0 Å². The zero-order valence-electron chi connectivity index (χ0n) is 16.4. The molecule has 150 valence electrons. The van der Waals surface area contributed by atoms with Crippen LogP contribution in [0.2, 0.25) is 5.02 Å². The minimum Gasteiger partial charge on any atom is -0.351 e. The van der Waals surface area contributed by atoms with Crippen LogP contribution in [0.5, 0.6) is 0 Å². The molecule has 1 aliphatic rings. The number of tetrazole rings is 1. The number of aryl methyl sites for hydroxylation is 1. The van der Waals surface area contributed by atoms with Crippen molar-refractivity contribution in [3.63, 3.8) is 0 Å². The fraction of sp³-hybridized carbons (Fsp3) is 0.364. The van der Waals surface area contributed by atoms with E-state index in [0.29, 0.717) is 23.9 Å². The highest BCUT2D eigenvalue weighted by Crippen LogP contribution is 2.42. The molecule has 3 aromatic rings. The Morgan fingerprint density at radius 3 is 2.59 bits per heavy atom. The molecule has 0 spiro atoms. The van der Waals surface area contributed by atoms with Gasteiger partial charge in [0.25, 0.3) is 0 Å². The Hall–Kier alpha value is -2.73. The predicted molar refractivity (Wildman–Crippen MR) is 112 cm³/mol. The fourth-order valence-corrected chi connectivity index (χ4v) is 3.85. The van der Waals surface area contributed by atoms with E-state index in [4.69, 9.17) is 11.6 Å². The summed E-state index contributed by atoms with van der Waals surface area (Å²) in [6.45, 7) is 2.97. The van der Waals surface area contributed by atoms with E-state index in [-0.39, 0.29) is 5.91 Å². The molecular weight excluding hydrogens is 386 g/mol. The highest BCUT2D eigenvalue weighted by atomic mass is 35.5. The number of nitrogens with one attached hydrogen (secondary N) is 1. The van der Waals surface area contributed by atoms with Crippen molar-refractivity contribution in [3.05, 3.63) is 64.7 Å². The summed E-state index contributed by atoms with van der Waals surface area (Å²) in [5.74, 6) is 0.605. The lowest BCUT2D eigenvalue weighted by molar-refractivity contribution is -0.137. The molecule has 0 bridgehead atoms. The zero-order chi connectivity index (χ0) is 20.3. The molecule has 1 aliphatic carbocycles. The quantitative estimate of drug-likeness (QED) is 0.639. The Kier molecular flexibility index (Phi) is 5.62. The summed E-state index contributed by atoms with van der Waals surface area (Å²) in [7, 11) is 0. The molecule has 1 aromatic heterocycles. The molecule has 1 heterocycles. The van der Waals surface area contributed by atoms with Gasteiger partial charge in [-0.3, -0.25) is 4.79 Å². The summed E-state index contributed by atoms with van der Waals surface area (Å²) >= 11 is 6.20. The summed E-state index contributed by atoms with van der Waals surface area (Å²) in [6, 6.07) is 15.7. The monoisotopic (exact) mass is 409 g/mol. The molecule has 1 saturated carbocycles. The number of rotatable bonds is 7. The van der Waals surface area contributed by atoms with E-state index < -0.39 is 5.41 Å². The van der Waals surface area contributed by atoms with Gasteiger partial charge in [0.1, 0.15) is 0 Å². The van der Waals surface area contributed by atoms with Gasteiger partial charge in [0, 0.05) is 17.1 Å². The van der Waals surface area contributed by atoms with Crippen molar-refractivity contribution in [1.29, 1.82) is 0 Å². The number of carbonyl (C=O) groups is 1. The van der Waals surface area contributed by atoms with Gasteiger partial charge in [-0.25, -0.2) is 0 Å². The van der Waals surface area contributed by atoms with Gasteiger partial charge in [-0.2, -0.15) is 4.80 Å². The zero-order valence-corrected chi connectivity index (χ0v) is 17.2. The van der Waals surface area contributed by atoms with Crippen LogP contribution in [0, 0.1) is 5.41 Å². The number of hydrogen-bond donors (Lipinski definition) is 1. The van der Waals surface area contributed by atoms with E-state index in [1.807, 2.05) is 36.4 Å². The Morgan fingerprint density at radius 1 is 1.17 bits per heavy atom. The van der Waals surface area contributed by atoms with Crippen molar-refractivity contribution in [2.75, 3.05) is 0 Å². The molecule has 0 saturated heterocycles. The third-order valence-electron chi connectivity index (χ3n) is 5.71. The van der Waals surface area contributed by atoms with E-state index in [2.05, 4.69) is 39.8 Å². The van der Waals surface area contributed by atoms with Gasteiger partial charge in [0.2, 0.25) is 11.7 Å². The Bertz CT molecular complexity index is 994. The summed E-state index contributed by atoms with van der Waals surface area (Å²) in [6.07, 6.45) is 3.67. The molecule has 0 radical (unpaired) electrons. The maximum absolute atomic E-state index is 12.9. The minimum atomic E-state index is -0.481. The maximum atomic E-state index is 12.9. The summed E-state index contributed by atoms with van der Waals surface area (Å²) in [5, 5.41) is 16.6. The molecule has 6 nitrogen and oxygen atoms in total. The molecule has 1 fully saturated rings. The number of nitrogens with zero attached hydrogens (tertiary/aromatic N) is 4. The molecule has 29 heavy (non-hydrogen) atoms. The van der Waals surface area contributed by atoms with E-state index in [9.17, 15) is 4.79 Å². The molecule has 4 rings (SSSR count). The van der Waals surface area contributed by atoms with Crippen LogP contribution in [0.25, 0.3) is 11.4 Å². The second-order valence-corrected chi connectivity index (χ2v) is 8.01. The molecule has 2 aromatic carbocycles. The molecule has 1 amide bonds. The van der Waals surface area contributed by atoms with Gasteiger partial charge in [0.05, 0.1) is 12.0 Å². The second-order valence-electron chi connectivity index (χ2n) is 7.60. The van der Waals surface area contributed by atoms with Crippen molar-refractivity contribution in [1.82, 2.24) is 25.5 Å². The maximum Gasteiger partial charge on any atom is 0.228 e. The van der Waals surface area contributed by atoms with Crippen LogP contribution in [-0.2, 0) is 24.3 Å². The van der Waals surface area contributed by atoms with Crippen LogP contribution < -0.4 is 5.32 Å². The van der Waals surface area contributed by atoms with Crippen molar-refractivity contribution < 1.29 is 4.79 Å². The second kappa shape index (κ2) is 8.33. The summed E-state index contributed by atoms with van der Waals surface area (Å²) in [5.41, 5.74) is 2.63. The van der Waals surface area contributed by atoms with Crippen molar-refractivity contribution in [3.8, 4) is 11.4 Å². The Balaban J connectivity index is 1.43. The molecule has 0 unspecified atom stereocenters. The largest absolute Gasteiger partial charge is 0.351 e. The van der Waals surface area contributed by atoms with Crippen LogP contribution in [0.1, 0.15) is 37.3 Å². The van der Waals surface area contributed by atoms with Gasteiger partial charge < -0.3 is 5.32 Å². The van der Waals surface area contributed by atoms with Crippen LogP contribution in [0.15, 0.2) is 48.5 Å². The lowest BCUT2D eigenvalue weighted by Crippen LogP contribution is -2.48. The lowest BCUT2D eigenvalue weighted by Gasteiger charge is -2.39. The van der Waals surface area contributed by atoms with Gasteiger partial charge >= 0.3 is 0 Å². The number of aromatic nitrogens is 4. The topological polar surface area (TPSA) is 72.7 Å². The van der Waals surface area contributed by atoms with Crippen LogP contribution >= 0.6 is 11.6 Å². The summed E-state index contributed by atoms with van der Waals surface area (Å²) in [4.78, 5) is 14.5. The standard InChI is InChI=1S/C22H24ClN5O/c1-2-16-8-10-17(11-9-16)20-25-27-28(26-20)15-22(12-5-13-22)21(29)24-14-18-6-3-4-7-19(18)23/h3-4,6-11H,2,5,12-15H2,1H3,(H,24,29). The van der Waals surface area contributed by atoms with Gasteiger partial charge in [0.15, 0.2) is 0 Å². The first-order chi connectivity index (χ1) is 14.1. The van der Waals surface area contributed by atoms with Gasteiger partial charge in [-0.05, 0) is 41.7 Å². The van der Waals surface area contributed by atoms with Gasteiger partial charge in [-0.15, -0.1) is 10.2 Å². The van der Waals surface area contributed by atoms with E-state index in [1.54, 1.807) is 4.80 Å². The van der Waals surface area contributed by atoms with Gasteiger partial charge in [-0.1, -0.05) is 67.4 Å². The Morgan fingerprint density at radius 2 is 1.93 bits per heavy atom.